The average Bonchev–Trinajstić information content (AvgIpc) is 3.33. The van der Waals surface area contributed by atoms with Gasteiger partial charge in [-0.2, -0.15) is 0 Å². The zero-order chi connectivity index (χ0) is 19.6. The number of amides is 1. The lowest BCUT2D eigenvalue weighted by molar-refractivity contribution is -0.142. The Morgan fingerprint density at radius 2 is 2.04 bits per heavy atom. The summed E-state index contributed by atoms with van der Waals surface area (Å²) >= 11 is 7.60. The molecule has 28 heavy (non-hydrogen) atoms. The molecule has 3 aromatic rings. The third-order valence-electron chi connectivity index (χ3n) is 5.32. The first-order valence-electron chi connectivity index (χ1n) is 9.54. The predicted molar refractivity (Wildman–Crippen MR) is 110 cm³/mol. The third-order valence-corrected chi connectivity index (χ3v) is 6.43. The Labute approximate surface area is 173 Å². The van der Waals surface area contributed by atoms with Gasteiger partial charge in [-0.15, -0.1) is 21.5 Å². The van der Waals surface area contributed by atoms with E-state index in [4.69, 9.17) is 16.0 Å². The molecule has 1 aromatic carbocycles. The number of carbonyl (C=O) groups excluding carboxylic acids is 1. The van der Waals surface area contributed by atoms with Crippen LogP contribution in [0.3, 0.4) is 0 Å². The zero-order valence-corrected chi connectivity index (χ0v) is 17.3. The number of hydrogen-bond acceptors (Lipinski definition) is 5. The molecule has 1 amide bonds. The first-order valence-corrected chi connectivity index (χ1v) is 10.8. The van der Waals surface area contributed by atoms with Gasteiger partial charge in [-0.25, -0.2) is 0 Å². The van der Waals surface area contributed by atoms with Gasteiger partial charge in [0.1, 0.15) is 0 Å². The Morgan fingerprint density at radius 1 is 1.25 bits per heavy atom. The van der Waals surface area contributed by atoms with E-state index in [1.54, 1.807) is 11.3 Å². The van der Waals surface area contributed by atoms with Crippen molar-refractivity contribution in [3.05, 3.63) is 58.3 Å². The van der Waals surface area contributed by atoms with Gasteiger partial charge in [0.05, 0.1) is 16.8 Å². The van der Waals surface area contributed by atoms with Gasteiger partial charge in [0.2, 0.25) is 11.8 Å². The fraction of sp³-hybridized carbons (Fsp3) is 0.381. The van der Waals surface area contributed by atoms with Crippen molar-refractivity contribution in [3.63, 3.8) is 0 Å². The van der Waals surface area contributed by atoms with Gasteiger partial charge < -0.3 is 9.32 Å². The summed E-state index contributed by atoms with van der Waals surface area (Å²) < 4.78 is 5.82. The molecule has 146 valence electrons. The molecule has 2 heterocycles. The molecule has 1 saturated carbocycles. The maximum absolute atomic E-state index is 13.6. The van der Waals surface area contributed by atoms with Crippen LogP contribution in [0.5, 0.6) is 0 Å². The van der Waals surface area contributed by atoms with E-state index >= 15 is 0 Å². The molecule has 1 aliphatic rings. The molecule has 0 aliphatic heterocycles. The highest BCUT2D eigenvalue weighted by Gasteiger charge is 2.47. The summed E-state index contributed by atoms with van der Waals surface area (Å²) in [5, 5.41) is 11.0. The number of aromatic nitrogens is 2. The van der Waals surface area contributed by atoms with Crippen LogP contribution in [0.4, 0.5) is 0 Å². The maximum Gasteiger partial charge on any atom is 0.257 e. The Kier molecular flexibility index (Phi) is 5.51. The molecule has 0 bridgehead atoms. The summed E-state index contributed by atoms with van der Waals surface area (Å²) in [6, 6.07) is 11.6. The minimum absolute atomic E-state index is 0.138. The summed E-state index contributed by atoms with van der Waals surface area (Å²) in [7, 11) is 0. The van der Waals surface area contributed by atoms with Gasteiger partial charge in [-0.3, -0.25) is 4.79 Å². The second-order valence-electron chi connectivity index (χ2n) is 7.15. The molecule has 0 atom stereocenters. The van der Waals surface area contributed by atoms with Crippen LogP contribution in [-0.2, 0) is 16.8 Å². The second kappa shape index (κ2) is 8.05. The van der Waals surface area contributed by atoms with Crippen molar-refractivity contribution < 1.29 is 9.21 Å². The summed E-state index contributed by atoms with van der Waals surface area (Å²) in [4.78, 5) is 16.4. The number of benzene rings is 1. The van der Waals surface area contributed by atoms with Crippen LogP contribution >= 0.6 is 22.9 Å². The minimum Gasteiger partial charge on any atom is -0.418 e. The molecule has 5 nitrogen and oxygen atoms in total. The summed E-state index contributed by atoms with van der Waals surface area (Å²) in [6.45, 7) is 3.06. The van der Waals surface area contributed by atoms with E-state index in [0.29, 0.717) is 29.9 Å². The minimum atomic E-state index is -0.462. The van der Waals surface area contributed by atoms with E-state index in [1.165, 1.54) is 0 Å². The Bertz CT molecular complexity index is 933. The van der Waals surface area contributed by atoms with Crippen molar-refractivity contribution in [2.75, 3.05) is 6.54 Å². The fourth-order valence-electron chi connectivity index (χ4n) is 3.73. The van der Waals surface area contributed by atoms with Gasteiger partial charge in [-0.05, 0) is 48.4 Å². The lowest BCUT2D eigenvalue weighted by Crippen LogP contribution is -2.51. The van der Waals surface area contributed by atoms with E-state index in [-0.39, 0.29) is 5.91 Å². The van der Waals surface area contributed by atoms with Gasteiger partial charge in [0.25, 0.3) is 5.89 Å². The van der Waals surface area contributed by atoms with Crippen molar-refractivity contribution in [2.24, 2.45) is 0 Å². The molecule has 0 spiro atoms. The fourth-order valence-corrected chi connectivity index (χ4v) is 4.50. The molecule has 4 rings (SSSR count). The molecular weight excluding hydrogens is 394 g/mol. The normalized spacial score (nSPS) is 15.2. The average molecular weight is 416 g/mol. The Hall–Kier alpha value is -2.18. The van der Waals surface area contributed by atoms with Gasteiger partial charge >= 0.3 is 0 Å². The smallest absolute Gasteiger partial charge is 0.257 e. The molecule has 1 fully saturated rings. The molecule has 0 saturated heterocycles. The van der Waals surface area contributed by atoms with E-state index in [0.717, 1.165) is 36.1 Å². The Morgan fingerprint density at radius 3 is 2.64 bits per heavy atom. The molecule has 0 N–H and O–H groups in total. The number of halogens is 1. The van der Waals surface area contributed by atoms with Crippen molar-refractivity contribution in [1.29, 1.82) is 0 Å². The van der Waals surface area contributed by atoms with Crippen LogP contribution in [0.25, 0.3) is 10.8 Å². The van der Waals surface area contributed by atoms with Crippen molar-refractivity contribution in [3.8, 4) is 10.8 Å². The summed E-state index contributed by atoms with van der Waals surface area (Å²) in [6.07, 6.45) is 3.64. The number of rotatable bonds is 7. The van der Waals surface area contributed by atoms with E-state index in [2.05, 4.69) is 17.1 Å². The monoisotopic (exact) mass is 415 g/mol. The van der Waals surface area contributed by atoms with E-state index in [1.807, 2.05) is 46.7 Å². The maximum atomic E-state index is 13.6. The lowest BCUT2D eigenvalue weighted by Gasteiger charge is -2.43. The summed E-state index contributed by atoms with van der Waals surface area (Å²) in [5.41, 5.74) is 0.579. The van der Waals surface area contributed by atoms with Crippen LogP contribution in [0.2, 0.25) is 5.02 Å². The lowest BCUT2D eigenvalue weighted by atomic mass is 9.63. The van der Waals surface area contributed by atoms with Crippen molar-refractivity contribution >= 4 is 28.8 Å². The summed E-state index contributed by atoms with van der Waals surface area (Å²) in [5.74, 6) is 1.11. The molecular formula is C21H22ClN3O2S. The highest BCUT2D eigenvalue weighted by Crippen LogP contribution is 2.45. The molecule has 2 aromatic heterocycles. The quantitative estimate of drug-likeness (QED) is 0.524. The van der Waals surface area contributed by atoms with Crippen molar-refractivity contribution in [1.82, 2.24) is 15.1 Å². The molecule has 0 radical (unpaired) electrons. The molecule has 0 unspecified atom stereocenters. The highest BCUT2D eigenvalue weighted by atomic mass is 35.5. The van der Waals surface area contributed by atoms with Gasteiger partial charge in [-0.1, -0.05) is 43.1 Å². The number of nitrogens with zero attached hydrogens (tertiary/aromatic N) is 3. The second-order valence-corrected chi connectivity index (χ2v) is 8.53. The predicted octanol–water partition coefficient (Wildman–Crippen LogP) is 5.31. The van der Waals surface area contributed by atoms with Crippen LogP contribution in [-0.4, -0.2) is 27.5 Å². The van der Waals surface area contributed by atoms with Crippen LogP contribution in [0.1, 0.15) is 44.1 Å². The number of hydrogen-bond donors (Lipinski definition) is 0. The van der Waals surface area contributed by atoms with E-state index in [9.17, 15) is 4.79 Å². The highest BCUT2D eigenvalue weighted by molar-refractivity contribution is 7.13. The van der Waals surface area contributed by atoms with Gasteiger partial charge in [0, 0.05) is 11.6 Å². The zero-order valence-electron chi connectivity index (χ0n) is 15.7. The van der Waals surface area contributed by atoms with Crippen molar-refractivity contribution in [2.45, 2.75) is 44.6 Å². The Balaban J connectivity index is 1.56. The molecule has 7 heteroatoms. The van der Waals surface area contributed by atoms with Crippen LogP contribution in [0.15, 0.2) is 46.2 Å². The van der Waals surface area contributed by atoms with Gasteiger partial charge in [0.15, 0.2) is 0 Å². The van der Waals surface area contributed by atoms with Crippen LogP contribution in [0, 0.1) is 0 Å². The van der Waals surface area contributed by atoms with E-state index < -0.39 is 5.41 Å². The SMILES string of the molecule is CCCN(Cc1nnc(-c2cccs2)o1)C(=O)C1(c2ccc(Cl)cc2)CCC1. The number of carbonyl (C=O) groups is 1. The third kappa shape index (κ3) is 3.59. The number of thiophene rings is 1. The first-order chi connectivity index (χ1) is 13.6. The topological polar surface area (TPSA) is 59.2 Å². The largest absolute Gasteiger partial charge is 0.418 e. The first kappa shape index (κ1) is 19.2. The standard InChI is InChI=1S/C21H22ClN3O2S/c1-2-12-25(14-18-23-24-19(27-18)17-5-3-13-28-17)20(26)21(10-4-11-21)15-6-8-16(22)9-7-15/h3,5-9,13H,2,4,10-12,14H2,1H3. The molecule has 1 aliphatic carbocycles. The van der Waals surface area contributed by atoms with Crippen LogP contribution < -0.4 is 0 Å².